The minimum atomic E-state index is -3.91. The van der Waals surface area contributed by atoms with Gasteiger partial charge in [-0.3, -0.25) is 0 Å². The number of hydrogen-bond acceptors (Lipinski definition) is 4. The van der Waals surface area contributed by atoms with E-state index >= 15 is 0 Å². The van der Waals surface area contributed by atoms with Gasteiger partial charge in [-0.25, -0.2) is 17.5 Å². The van der Waals surface area contributed by atoms with Gasteiger partial charge in [0.2, 0.25) is 10.0 Å². The number of halogens is 1. The Hall–Kier alpha value is -1.18. The van der Waals surface area contributed by atoms with Crippen molar-refractivity contribution in [2.24, 2.45) is 0 Å². The molecule has 7 heteroatoms. The molecule has 0 aliphatic heterocycles. The summed E-state index contributed by atoms with van der Waals surface area (Å²) in [6, 6.07) is 2.95. The van der Waals surface area contributed by atoms with Crippen molar-refractivity contribution in [1.82, 2.24) is 4.72 Å². The summed E-state index contributed by atoms with van der Waals surface area (Å²) in [5, 5.41) is 8.93. The molecule has 0 aliphatic carbocycles. The fraction of sp³-hybridized carbons (Fsp3) is 0.400. The number of rotatable bonds is 5. The van der Waals surface area contributed by atoms with Crippen molar-refractivity contribution in [3.8, 4) is 0 Å². The lowest BCUT2D eigenvalue weighted by Gasteiger charge is -2.15. The van der Waals surface area contributed by atoms with E-state index in [4.69, 9.17) is 10.8 Å². The smallest absolute Gasteiger partial charge is 0.243 e. The minimum Gasteiger partial charge on any atom is -0.395 e. The lowest BCUT2D eigenvalue weighted by molar-refractivity contribution is 0.254. The molecule has 1 rings (SSSR count). The summed E-state index contributed by atoms with van der Waals surface area (Å²) in [5.41, 5.74) is 4.95. The predicted octanol–water partition coefficient (Wildman–Crippen LogP) is 0.457. The van der Waals surface area contributed by atoms with Crippen molar-refractivity contribution in [2.45, 2.75) is 24.3 Å². The molecule has 4 N–H and O–H groups in total. The molecule has 1 aromatic carbocycles. The summed E-state index contributed by atoms with van der Waals surface area (Å²) >= 11 is 0. The number of aliphatic hydroxyl groups is 1. The lowest BCUT2D eigenvalue weighted by Crippen LogP contribution is -2.37. The van der Waals surface area contributed by atoms with Gasteiger partial charge in [-0.2, -0.15) is 0 Å². The molecule has 1 aromatic rings. The molecule has 96 valence electrons. The van der Waals surface area contributed by atoms with Gasteiger partial charge in [-0.05, 0) is 18.6 Å². The third-order valence-corrected chi connectivity index (χ3v) is 3.92. The second-order valence-corrected chi connectivity index (χ2v) is 5.24. The van der Waals surface area contributed by atoms with Gasteiger partial charge in [-0.1, -0.05) is 13.0 Å². The summed E-state index contributed by atoms with van der Waals surface area (Å²) in [5.74, 6) is -0.787. The molecule has 0 amide bonds. The molecule has 0 saturated heterocycles. The molecule has 0 spiro atoms. The first-order valence-corrected chi connectivity index (χ1v) is 6.57. The van der Waals surface area contributed by atoms with Crippen LogP contribution in [0.1, 0.15) is 13.3 Å². The monoisotopic (exact) mass is 262 g/mol. The first-order chi connectivity index (χ1) is 7.92. The van der Waals surface area contributed by atoms with E-state index in [9.17, 15) is 12.8 Å². The van der Waals surface area contributed by atoms with Gasteiger partial charge < -0.3 is 10.8 Å². The molecule has 0 heterocycles. The van der Waals surface area contributed by atoms with Crippen molar-refractivity contribution in [2.75, 3.05) is 12.3 Å². The zero-order valence-electron chi connectivity index (χ0n) is 9.35. The van der Waals surface area contributed by atoms with E-state index in [1.165, 1.54) is 12.1 Å². The van der Waals surface area contributed by atoms with Crippen LogP contribution in [0.3, 0.4) is 0 Å². The maximum atomic E-state index is 13.1. The maximum absolute atomic E-state index is 13.1. The second kappa shape index (κ2) is 5.44. The Morgan fingerprint density at radius 1 is 1.53 bits per heavy atom. The second-order valence-electron chi connectivity index (χ2n) is 3.56. The molecule has 5 nitrogen and oxygen atoms in total. The van der Waals surface area contributed by atoms with Gasteiger partial charge in [0, 0.05) is 6.04 Å². The average Bonchev–Trinajstić information content (AvgIpc) is 2.29. The van der Waals surface area contributed by atoms with Crippen LogP contribution in [0, 0.1) is 5.82 Å². The highest BCUT2D eigenvalue weighted by molar-refractivity contribution is 7.89. The predicted molar refractivity (Wildman–Crippen MR) is 62.3 cm³/mol. The Labute approximate surface area is 99.5 Å². The number of hydrogen-bond donors (Lipinski definition) is 3. The number of anilines is 1. The number of nitrogens with two attached hydrogens (primary N) is 1. The fourth-order valence-electron chi connectivity index (χ4n) is 1.28. The van der Waals surface area contributed by atoms with Gasteiger partial charge in [0.1, 0.15) is 10.7 Å². The quantitative estimate of drug-likeness (QED) is 0.672. The zero-order chi connectivity index (χ0) is 13.1. The molecular weight excluding hydrogens is 247 g/mol. The van der Waals surface area contributed by atoms with E-state index in [1.807, 2.05) is 0 Å². The normalized spacial score (nSPS) is 13.6. The highest BCUT2D eigenvalue weighted by atomic mass is 32.2. The first kappa shape index (κ1) is 13.9. The number of aliphatic hydroxyl groups excluding tert-OH is 1. The summed E-state index contributed by atoms with van der Waals surface area (Å²) in [6.07, 6.45) is 0.422. The Bertz CT molecular complexity index is 486. The number of nitrogen functional groups attached to an aromatic ring is 1. The first-order valence-electron chi connectivity index (χ1n) is 5.09. The van der Waals surface area contributed by atoms with Crippen LogP contribution in [0.25, 0.3) is 0 Å². The van der Waals surface area contributed by atoms with Crippen molar-refractivity contribution in [3.05, 3.63) is 24.0 Å². The third kappa shape index (κ3) is 3.15. The molecule has 1 unspecified atom stereocenters. The van der Waals surface area contributed by atoms with Gasteiger partial charge in [0.15, 0.2) is 0 Å². The Morgan fingerprint density at radius 2 is 2.18 bits per heavy atom. The minimum absolute atomic E-state index is 0.315. The van der Waals surface area contributed by atoms with Crippen molar-refractivity contribution >= 4 is 15.7 Å². The summed E-state index contributed by atoms with van der Waals surface area (Å²) in [4.78, 5) is -0.315. The van der Waals surface area contributed by atoms with E-state index in [2.05, 4.69) is 4.72 Å². The lowest BCUT2D eigenvalue weighted by atomic mass is 10.3. The van der Waals surface area contributed by atoms with Crippen LogP contribution in [0.15, 0.2) is 23.1 Å². The van der Waals surface area contributed by atoms with Crippen LogP contribution in [-0.4, -0.2) is 26.2 Å². The molecule has 1 atom stereocenters. The standard InChI is InChI=1S/C10H15FN2O3S/c1-2-7(6-14)13-17(15,16)9-5-3-4-8(11)10(9)12/h3-5,7,13-14H,2,6,12H2,1H3. The Morgan fingerprint density at radius 3 is 2.71 bits per heavy atom. The highest BCUT2D eigenvalue weighted by Crippen LogP contribution is 2.21. The largest absolute Gasteiger partial charge is 0.395 e. The molecule has 0 bridgehead atoms. The Kier molecular flexibility index (Phi) is 4.44. The number of para-hydroxylation sites is 1. The number of sulfonamides is 1. The van der Waals surface area contributed by atoms with Gasteiger partial charge >= 0.3 is 0 Å². The van der Waals surface area contributed by atoms with Crippen molar-refractivity contribution in [1.29, 1.82) is 0 Å². The number of benzene rings is 1. The molecule has 17 heavy (non-hydrogen) atoms. The molecule has 0 radical (unpaired) electrons. The van der Waals surface area contributed by atoms with Crippen molar-refractivity contribution in [3.63, 3.8) is 0 Å². The maximum Gasteiger partial charge on any atom is 0.243 e. The van der Waals surface area contributed by atoms with Gasteiger partial charge in [0.25, 0.3) is 0 Å². The van der Waals surface area contributed by atoms with Crippen LogP contribution in [0.2, 0.25) is 0 Å². The summed E-state index contributed by atoms with van der Waals surface area (Å²) in [6.45, 7) is 1.39. The van der Waals surface area contributed by atoms with Crippen LogP contribution >= 0.6 is 0 Å². The summed E-state index contributed by atoms with van der Waals surface area (Å²) < 4.78 is 39.1. The van der Waals surface area contributed by atoms with Gasteiger partial charge in [-0.15, -0.1) is 0 Å². The van der Waals surface area contributed by atoms with E-state index in [1.54, 1.807) is 6.92 Å². The van der Waals surface area contributed by atoms with E-state index in [0.717, 1.165) is 6.07 Å². The Balaban J connectivity index is 3.09. The average molecular weight is 262 g/mol. The highest BCUT2D eigenvalue weighted by Gasteiger charge is 2.22. The van der Waals surface area contributed by atoms with Crippen molar-refractivity contribution < 1.29 is 17.9 Å². The fourth-order valence-corrected chi connectivity index (χ4v) is 2.74. The molecule has 0 saturated carbocycles. The third-order valence-electron chi connectivity index (χ3n) is 2.34. The SMILES string of the molecule is CCC(CO)NS(=O)(=O)c1cccc(F)c1N. The molecule has 0 aliphatic rings. The summed E-state index contributed by atoms with van der Waals surface area (Å²) in [7, 11) is -3.91. The van der Waals surface area contributed by atoms with Crippen LogP contribution in [0.5, 0.6) is 0 Å². The van der Waals surface area contributed by atoms with Gasteiger partial charge in [0.05, 0.1) is 12.3 Å². The van der Waals surface area contributed by atoms with E-state index in [0.29, 0.717) is 6.42 Å². The zero-order valence-corrected chi connectivity index (χ0v) is 10.2. The van der Waals surface area contributed by atoms with Crippen LogP contribution in [-0.2, 0) is 10.0 Å². The van der Waals surface area contributed by atoms with Crippen LogP contribution in [0.4, 0.5) is 10.1 Å². The topological polar surface area (TPSA) is 92.4 Å². The van der Waals surface area contributed by atoms with E-state index in [-0.39, 0.29) is 11.5 Å². The van der Waals surface area contributed by atoms with E-state index < -0.39 is 27.6 Å². The molecule has 0 aromatic heterocycles. The molecule has 0 fully saturated rings. The molecular formula is C10H15FN2O3S. The number of nitrogens with one attached hydrogen (secondary N) is 1. The van der Waals surface area contributed by atoms with Crippen LogP contribution < -0.4 is 10.5 Å².